The molecule has 3 aromatic rings. The summed E-state index contributed by atoms with van der Waals surface area (Å²) in [5.41, 5.74) is 5.62. The average Bonchev–Trinajstić information content (AvgIpc) is 3.08. The quantitative estimate of drug-likeness (QED) is 0.535. The van der Waals surface area contributed by atoms with Crippen molar-refractivity contribution in [1.82, 2.24) is 14.8 Å². The lowest BCUT2D eigenvalue weighted by Gasteiger charge is -2.13. The summed E-state index contributed by atoms with van der Waals surface area (Å²) in [6.45, 7) is 12.7. The molecular weight excluding hydrogens is 376 g/mol. The smallest absolute Gasteiger partial charge is 0.162 e. The highest BCUT2D eigenvalue weighted by atomic mass is 35.5. The second-order valence-corrected chi connectivity index (χ2v) is 9.06. The third-order valence-electron chi connectivity index (χ3n) is 5.25. The minimum atomic E-state index is -0.0796. The summed E-state index contributed by atoms with van der Waals surface area (Å²) in [6, 6.07) is 6.24. The highest BCUT2D eigenvalue weighted by molar-refractivity contribution is 7.15. The maximum atomic E-state index is 6.61. The predicted molar refractivity (Wildman–Crippen MR) is 113 cm³/mol. The number of aliphatic imine (C=N–C) groups is 1. The van der Waals surface area contributed by atoms with Gasteiger partial charge >= 0.3 is 0 Å². The number of benzene rings is 1. The van der Waals surface area contributed by atoms with Crippen molar-refractivity contribution < 1.29 is 0 Å². The molecule has 0 saturated carbocycles. The minimum absolute atomic E-state index is 0.0796. The van der Waals surface area contributed by atoms with Crippen molar-refractivity contribution in [2.24, 2.45) is 4.99 Å². The highest BCUT2D eigenvalue weighted by Crippen LogP contribution is 2.39. The predicted octanol–water partition coefficient (Wildman–Crippen LogP) is 5.94. The molecule has 1 atom stereocenters. The van der Waals surface area contributed by atoms with E-state index >= 15 is 0 Å². The van der Waals surface area contributed by atoms with Crippen molar-refractivity contribution in [1.29, 1.82) is 0 Å². The van der Waals surface area contributed by atoms with Crippen molar-refractivity contribution in [2.45, 2.75) is 53.5 Å². The normalized spacial score (nSPS) is 16.1. The van der Waals surface area contributed by atoms with E-state index in [1.165, 1.54) is 16.0 Å². The zero-order chi connectivity index (χ0) is 19.5. The van der Waals surface area contributed by atoms with Crippen LogP contribution >= 0.6 is 22.9 Å². The van der Waals surface area contributed by atoms with Gasteiger partial charge < -0.3 is 0 Å². The molecule has 0 fully saturated rings. The van der Waals surface area contributed by atoms with Crippen LogP contribution in [0.1, 0.15) is 71.5 Å². The van der Waals surface area contributed by atoms with Crippen LogP contribution in [0.5, 0.6) is 0 Å². The van der Waals surface area contributed by atoms with Crippen LogP contribution in [-0.2, 0) is 0 Å². The first kappa shape index (κ1) is 18.4. The standard InChI is InChI=1S/C21H23ClN4S/c1-10(2)16-8-7-15(9-17(16)22)19-18-11(3)13(5)27-21(18)26-14(6)24-25-20(26)12(4)23-19/h7-10,12H,1-6H3/t12-/m0/s1. The third kappa shape index (κ3) is 2.84. The lowest BCUT2D eigenvalue weighted by Crippen LogP contribution is -2.07. The Bertz CT molecular complexity index is 1070. The van der Waals surface area contributed by atoms with Crippen LogP contribution in [0.3, 0.4) is 0 Å². The molecule has 1 aromatic carbocycles. The molecule has 0 N–H and O–H groups in total. The van der Waals surface area contributed by atoms with Gasteiger partial charge in [0.15, 0.2) is 5.82 Å². The molecule has 2 aromatic heterocycles. The first-order chi connectivity index (χ1) is 12.8. The van der Waals surface area contributed by atoms with Crippen LogP contribution in [0.2, 0.25) is 5.02 Å². The Balaban J connectivity index is 1.99. The molecule has 0 bridgehead atoms. The summed E-state index contributed by atoms with van der Waals surface area (Å²) < 4.78 is 2.16. The van der Waals surface area contributed by atoms with Gasteiger partial charge in [-0.15, -0.1) is 21.5 Å². The number of aromatic nitrogens is 3. The number of hydrogen-bond acceptors (Lipinski definition) is 4. The van der Waals surface area contributed by atoms with Gasteiger partial charge in [0.05, 0.1) is 5.71 Å². The topological polar surface area (TPSA) is 43.1 Å². The molecular formula is C21H23ClN4S. The molecule has 4 rings (SSSR count). The first-order valence-electron chi connectivity index (χ1n) is 9.19. The van der Waals surface area contributed by atoms with Gasteiger partial charge in [-0.25, -0.2) is 0 Å². The summed E-state index contributed by atoms with van der Waals surface area (Å²) in [5, 5.41) is 10.6. The number of rotatable bonds is 2. The summed E-state index contributed by atoms with van der Waals surface area (Å²) in [4.78, 5) is 6.36. The fourth-order valence-corrected chi connectivity index (χ4v) is 5.24. The molecule has 3 heterocycles. The molecule has 1 aliphatic rings. The second kappa shape index (κ2) is 6.57. The number of hydrogen-bond donors (Lipinski definition) is 0. The fourth-order valence-electron chi connectivity index (χ4n) is 3.62. The van der Waals surface area contributed by atoms with Crippen molar-refractivity contribution in [3.63, 3.8) is 0 Å². The van der Waals surface area contributed by atoms with Crippen molar-refractivity contribution in [2.75, 3.05) is 0 Å². The zero-order valence-electron chi connectivity index (χ0n) is 16.5. The van der Waals surface area contributed by atoms with Crippen LogP contribution in [0, 0.1) is 20.8 Å². The molecule has 1 aliphatic heterocycles. The Morgan fingerprint density at radius 1 is 1.15 bits per heavy atom. The fraction of sp³-hybridized carbons (Fsp3) is 0.381. The van der Waals surface area contributed by atoms with Gasteiger partial charge in [-0.2, -0.15) is 0 Å². The molecule has 0 spiro atoms. The van der Waals surface area contributed by atoms with E-state index in [1.807, 2.05) is 6.92 Å². The van der Waals surface area contributed by atoms with E-state index in [-0.39, 0.29) is 6.04 Å². The SMILES string of the molecule is Cc1sc2c(c1C)C(c1ccc(C(C)C)c(Cl)c1)=N[C@@H](C)c1nnc(C)n1-2. The Kier molecular flexibility index (Phi) is 4.47. The highest BCUT2D eigenvalue weighted by Gasteiger charge is 2.29. The molecule has 6 heteroatoms. The average molecular weight is 399 g/mol. The molecule has 0 radical (unpaired) electrons. The van der Waals surface area contributed by atoms with Crippen LogP contribution in [0.15, 0.2) is 23.2 Å². The van der Waals surface area contributed by atoms with Crippen LogP contribution in [-0.4, -0.2) is 20.5 Å². The van der Waals surface area contributed by atoms with E-state index in [0.29, 0.717) is 5.92 Å². The Hall–Kier alpha value is -1.98. The van der Waals surface area contributed by atoms with E-state index in [2.05, 4.69) is 67.6 Å². The van der Waals surface area contributed by atoms with E-state index in [0.717, 1.165) is 38.5 Å². The number of thiophene rings is 1. The maximum absolute atomic E-state index is 6.61. The van der Waals surface area contributed by atoms with E-state index in [4.69, 9.17) is 16.6 Å². The van der Waals surface area contributed by atoms with Gasteiger partial charge in [-0.3, -0.25) is 9.56 Å². The maximum Gasteiger partial charge on any atom is 0.162 e. The summed E-state index contributed by atoms with van der Waals surface area (Å²) in [5.74, 6) is 2.17. The van der Waals surface area contributed by atoms with Crippen LogP contribution < -0.4 is 0 Å². The molecule has 27 heavy (non-hydrogen) atoms. The number of nitrogens with zero attached hydrogens (tertiary/aromatic N) is 4. The van der Waals surface area contributed by atoms with E-state index in [1.54, 1.807) is 11.3 Å². The second-order valence-electron chi connectivity index (χ2n) is 7.45. The molecule has 0 aliphatic carbocycles. The van der Waals surface area contributed by atoms with Crippen LogP contribution in [0.4, 0.5) is 0 Å². The minimum Gasteiger partial charge on any atom is -0.273 e. The lowest BCUT2D eigenvalue weighted by atomic mass is 9.96. The van der Waals surface area contributed by atoms with Gasteiger partial charge in [0.25, 0.3) is 0 Å². The Morgan fingerprint density at radius 3 is 2.56 bits per heavy atom. The summed E-state index contributed by atoms with van der Waals surface area (Å²) in [6.07, 6.45) is 0. The Labute approximate surface area is 168 Å². The zero-order valence-corrected chi connectivity index (χ0v) is 18.0. The van der Waals surface area contributed by atoms with Crippen molar-refractivity contribution >= 4 is 28.6 Å². The molecule has 140 valence electrons. The lowest BCUT2D eigenvalue weighted by molar-refractivity contribution is 0.724. The van der Waals surface area contributed by atoms with E-state index in [9.17, 15) is 0 Å². The molecule has 0 unspecified atom stereocenters. The van der Waals surface area contributed by atoms with Gasteiger partial charge in [0.2, 0.25) is 0 Å². The molecule has 0 saturated heterocycles. The van der Waals surface area contributed by atoms with Crippen molar-refractivity contribution in [3.05, 3.63) is 62.0 Å². The van der Waals surface area contributed by atoms with Gasteiger partial charge in [0, 0.05) is 21.0 Å². The number of aryl methyl sites for hydroxylation is 2. The number of fused-ring (bicyclic) bond motifs is 3. The summed E-state index contributed by atoms with van der Waals surface area (Å²) >= 11 is 8.38. The molecule has 0 amide bonds. The van der Waals surface area contributed by atoms with Gasteiger partial charge in [0.1, 0.15) is 16.9 Å². The van der Waals surface area contributed by atoms with E-state index < -0.39 is 0 Å². The monoisotopic (exact) mass is 398 g/mol. The summed E-state index contributed by atoms with van der Waals surface area (Å²) in [7, 11) is 0. The third-order valence-corrected chi connectivity index (χ3v) is 6.77. The number of halogens is 1. The first-order valence-corrected chi connectivity index (χ1v) is 10.4. The van der Waals surface area contributed by atoms with Crippen molar-refractivity contribution in [3.8, 4) is 5.00 Å². The van der Waals surface area contributed by atoms with Gasteiger partial charge in [-0.1, -0.05) is 37.6 Å². The Morgan fingerprint density at radius 2 is 1.89 bits per heavy atom. The molecule has 4 nitrogen and oxygen atoms in total. The van der Waals surface area contributed by atoms with Crippen LogP contribution in [0.25, 0.3) is 5.00 Å². The van der Waals surface area contributed by atoms with Gasteiger partial charge in [-0.05, 0) is 50.8 Å². The largest absolute Gasteiger partial charge is 0.273 e.